The van der Waals surface area contributed by atoms with Crippen LogP contribution in [0.15, 0.2) is 17.0 Å². The minimum atomic E-state index is -3.63. The summed E-state index contributed by atoms with van der Waals surface area (Å²) in [5.74, 6) is -0.540. The van der Waals surface area contributed by atoms with Crippen molar-refractivity contribution in [1.82, 2.24) is 4.72 Å². The number of primary amides is 1. The largest absolute Gasteiger partial charge is 0.388 e. The summed E-state index contributed by atoms with van der Waals surface area (Å²) in [6, 6.07) is 3.52. The van der Waals surface area contributed by atoms with Crippen LogP contribution in [-0.2, 0) is 14.8 Å². The Morgan fingerprint density at radius 2 is 1.79 bits per heavy atom. The maximum atomic E-state index is 12.2. The molecule has 0 fully saturated rings. The third kappa shape index (κ3) is 3.93. The second-order valence-corrected chi connectivity index (χ2v) is 6.01. The van der Waals surface area contributed by atoms with E-state index in [1.54, 1.807) is 33.0 Å². The first kappa shape index (κ1) is 15.5. The molecule has 0 unspecified atom stereocenters. The second kappa shape index (κ2) is 6.03. The first-order chi connectivity index (χ1) is 8.77. The summed E-state index contributed by atoms with van der Waals surface area (Å²) in [4.78, 5) is 10.9. The normalized spacial score (nSPS) is 11.3. The maximum absolute atomic E-state index is 12.2. The standard InChI is InChI=1S/C12H19N3O3S/c1-8-6-10(14-3)7-9(2)12(8)19(17,18)15-5-4-11(13)16/h6-7,14-15H,4-5H2,1-3H3,(H2,13,16). The summed E-state index contributed by atoms with van der Waals surface area (Å²) < 4.78 is 26.7. The van der Waals surface area contributed by atoms with E-state index in [-0.39, 0.29) is 17.9 Å². The molecule has 1 aromatic rings. The molecular weight excluding hydrogens is 266 g/mol. The highest BCUT2D eigenvalue weighted by molar-refractivity contribution is 7.89. The van der Waals surface area contributed by atoms with E-state index in [9.17, 15) is 13.2 Å². The number of rotatable bonds is 6. The van der Waals surface area contributed by atoms with Gasteiger partial charge in [-0.05, 0) is 37.1 Å². The molecule has 0 aromatic heterocycles. The van der Waals surface area contributed by atoms with E-state index < -0.39 is 15.9 Å². The van der Waals surface area contributed by atoms with Crippen LogP contribution >= 0.6 is 0 Å². The van der Waals surface area contributed by atoms with Crippen molar-refractivity contribution in [3.8, 4) is 0 Å². The van der Waals surface area contributed by atoms with Gasteiger partial charge in [0.1, 0.15) is 0 Å². The molecule has 0 aliphatic heterocycles. The van der Waals surface area contributed by atoms with Crippen molar-refractivity contribution < 1.29 is 13.2 Å². The molecule has 0 aliphatic rings. The Labute approximate surface area is 113 Å². The van der Waals surface area contributed by atoms with Crippen LogP contribution in [0.5, 0.6) is 0 Å². The Kier molecular flexibility index (Phi) is 4.90. The smallest absolute Gasteiger partial charge is 0.241 e. The molecule has 0 heterocycles. The lowest BCUT2D eigenvalue weighted by Crippen LogP contribution is -2.29. The lowest BCUT2D eigenvalue weighted by atomic mass is 10.1. The molecule has 0 saturated heterocycles. The summed E-state index contributed by atoms with van der Waals surface area (Å²) in [7, 11) is -1.86. The number of benzene rings is 1. The van der Waals surface area contributed by atoms with Crippen LogP contribution in [0.3, 0.4) is 0 Å². The number of nitrogens with two attached hydrogens (primary N) is 1. The lowest BCUT2D eigenvalue weighted by Gasteiger charge is -2.13. The topological polar surface area (TPSA) is 101 Å². The zero-order valence-corrected chi connectivity index (χ0v) is 12.1. The number of nitrogens with one attached hydrogen (secondary N) is 2. The number of hydrogen-bond donors (Lipinski definition) is 3. The molecular formula is C12H19N3O3S. The number of carbonyl (C=O) groups excluding carboxylic acids is 1. The average molecular weight is 285 g/mol. The number of hydrogen-bond acceptors (Lipinski definition) is 4. The number of amides is 1. The Morgan fingerprint density at radius 3 is 2.21 bits per heavy atom. The van der Waals surface area contributed by atoms with Gasteiger partial charge in [-0.15, -0.1) is 0 Å². The van der Waals surface area contributed by atoms with E-state index in [1.807, 2.05) is 0 Å². The summed E-state index contributed by atoms with van der Waals surface area (Å²) in [6.45, 7) is 3.47. The Balaban J connectivity index is 3.04. The van der Waals surface area contributed by atoms with Crippen LogP contribution in [0.2, 0.25) is 0 Å². The number of aryl methyl sites for hydroxylation is 2. The van der Waals surface area contributed by atoms with Gasteiger partial charge < -0.3 is 11.1 Å². The van der Waals surface area contributed by atoms with Gasteiger partial charge in [0.05, 0.1) is 4.90 Å². The summed E-state index contributed by atoms with van der Waals surface area (Å²) in [5.41, 5.74) is 7.13. The van der Waals surface area contributed by atoms with E-state index in [1.165, 1.54) is 0 Å². The Bertz CT molecular complexity index is 559. The minimum absolute atomic E-state index is 0.00429. The fraction of sp³-hybridized carbons (Fsp3) is 0.417. The van der Waals surface area contributed by atoms with Gasteiger partial charge in [0.25, 0.3) is 0 Å². The van der Waals surface area contributed by atoms with Crippen LogP contribution in [0.4, 0.5) is 5.69 Å². The molecule has 0 atom stereocenters. The molecule has 4 N–H and O–H groups in total. The van der Waals surface area contributed by atoms with E-state index in [4.69, 9.17) is 5.73 Å². The minimum Gasteiger partial charge on any atom is -0.388 e. The molecule has 1 amide bonds. The molecule has 106 valence electrons. The monoisotopic (exact) mass is 285 g/mol. The van der Waals surface area contributed by atoms with E-state index in [0.29, 0.717) is 11.1 Å². The lowest BCUT2D eigenvalue weighted by molar-refractivity contribution is -0.117. The fourth-order valence-corrected chi connectivity index (χ4v) is 3.38. The van der Waals surface area contributed by atoms with Crippen LogP contribution < -0.4 is 15.8 Å². The predicted molar refractivity (Wildman–Crippen MR) is 74.5 cm³/mol. The van der Waals surface area contributed by atoms with Gasteiger partial charge in [0.2, 0.25) is 15.9 Å². The zero-order chi connectivity index (χ0) is 14.6. The van der Waals surface area contributed by atoms with Gasteiger partial charge >= 0.3 is 0 Å². The summed E-state index contributed by atoms with van der Waals surface area (Å²) in [6.07, 6.45) is -0.0219. The molecule has 0 spiro atoms. The molecule has 19 heavy (non-hydrogen) atoms. The number of sulfonamides is 1. The van der Waals surface area contributed by atoms with Crippen molar-refractivity contribution in [1.29, 1.82) is 0 Å². The van der Waals surface area contributed by atoms with E-state index in [2.05, 4.69) is 10.0 Å². The highest BCUT2D eigenvalue weighted by atomic mass is 32.2. The van der Waals surface area contributed by atoms with Gasteiger partial charge in [-0.2, -0.15) is 0 Å². The highest BCUT2D eigenvalue weighted by Gasteiger charge is 2.19. The number of anilines is 1. The van der Waals surface area contributed by atoms with Gasteiger partial charge in [-0.3, -0.25) is 4.79 Å². The first-order valence-electron chi connectivity index (χ1n) is 5.85. The van der Waals surface area contributed by atoms with Crippen molar-refractivity contribution in [3.63, 3.8) is 0 Å². The van der Waals surface area contributed by atoms with Crippen LogP contribution in [-0.4, -0.2) is 27.9 Å². The van der Waals surface area contributed by atoms with Crippen LogP contribution in [0.25, 0.3) is 0 Å². The van der Waals surface area contributed by atoms with Gasteiger partial charge in [-0.25, -0.2) is 13.1 Å². The highest BCUT2D eigenvalue weighted by Crippen LogP contribution is 2.24. The van der Waals surface area contributed by atoms with Crippen LogP contribution in [0.1, 0.15) is 17.5 Å². The quantitative estimate of drug-likeness (QED) is 0.708. The van der Waals surface area contributed by atoms with Gasteiger partial charge in [0.15, 0.2) is 0 Å². The van der Waals surface area contributed by atoms with E-state index >= 15 is 0 Å². The van der Waals surface area contributed by atoms with Crippen molar-refractivity contribution in [2.45, 2.75) is 25.2 Å². The third-order valence-electron chi connectivity index (χ3n) is 2.68. The van der Waals surface area contributed by atoms with Crippen molar-refractivity contribution in [2.75, 3.05) is 18.9 Å². The zero-order valence-electron chi connectivity index (χ0n) is 11.3. The SMILES string of the molecule is CNc1cc(C)c(S(=O)(=O)NCCC(N)=O)c(C)c1. The van der Waals surface area contributed by atoms with Crippen molar-refractivity contribution in [3.05, 3.63) is 23.3 Å². The van der Waals surface area contributed by atoms with Crippen LogP contribution in [0, 0.1) is 13.8 Å². The van der Waals surface area contributed by atoms with Gasteiger partial charge in [-0.1, -0.05) is 0 Å². The first-order valence-corrected chi connectivity index (χ1v) is 7.33. The predicted octanol–water partition coefficient (Wildman–Crippen LogP) is 0.499. The molecule has 7 heteroatoms. The molecule has 0 saturated carbocycles. The third-order valence-corrected chi connectivity index (χ3v) is 4.45. The Hall–Kier alpha value is -1.60. The van der Waals surface area contributed by atoms with Gasteiger partial charge in [0, 0.05) is 25.7 Å². The molecule has 0 bridgehead atoms. The fourth-order valence-electron chi connectivity index (χ4n) is 1.90. The van der Waals surface area contributed by atoms with Crippen molar-refractivity contribution in [2.24, 2.45) is 5.73 Å². The average Bonchev–Trinajstić information content (AvgIpc) is 2.26. The molecule has 1 aromatic carbocycles. The van der Waals surface area contributed by atoms with E-state index in [0.717, 1.165) is 5.69 Å². The maximum Gasteiger partial charge on any atom is 0.241 e. The second-order valence-electron chi connectivity index (χ2n) is 4.30. The molecule has 0 radical (unpaired) electrons. The number of carbonyl (C=O) groups is 1. The summed E-state index contributed by atoms with van der Waals surface area (Å²) in [5, 5.41) is 2.97. The van der Waals surface area contributed by atoms with Crippen molar-refractivity contribution >= 4 is 21.6 Å². The Morgan fingerprint density at radius 1 is 1.26 bits per heavy atom. The molecule has 6 nitrogen and oxygen atoms in total. The molecule has 1 rings (SSSR count). The molecule has 0 aliphatic carbocycles. The summed E-state index contributed by atoms with van der Waals surface area (Å²) >= 11 is 0.